The van der Waals surface area contributed by atoms with E-state index in [2.05, 4.69) is 0 Å². The number of likely N-dealkylation sites (tertiary alicyclic amines) is 1. The van der Waals surface area contributed by atoms with Gasteiger partial charge in [0, 0.05) is 6.54 Å². The summed E-state index contributed by atoms with van der Waals surface area (Å²) in [4.78, 5) is 1.46. The maximum atomic E-state index is 11.8. The van der Waals surface area contributed by atoms with Crippen molar-refractivity contribution in [2.24, 2.45) is 5.92 Å². The highest BCUT2D eigenvalue weighted by Crippen LogP contribution is 2.21. The van der Waals surface area contributed by atoms with Gasteiger partial charge in [0.05, 0.1) is 6.54 Å². The zero-order chi connectivity index (χ0) is 8.48. The van der Waals surface area contributed by atoms with Crippen LogP contribution in [0.3, 0.4) is 0 Å². The Labute approximate surface area is 64.2 Å². The lowest BCUT2D eigenvalue weighted by Crippen LogP contribution is -2.32. The van der Waals surface area contributed by atoms with Gasteiger partial charge in [0.15, 0.2) is 0 Å². The average molecular weight is 167 g/mol. The average Bonchev–Trinajstić information content (AvgIpc) is 2.10. The molecule has 0 amide bonds. The highest BCUT2D eigenvalue weighted by atomic mass is 19.4. The summed E-state index contributed by atoms with van der Waals surface area (Å²) in [5.74, 6) is 0.428. The van der Waals surface area contributed by atoms with Gasteiger partial charge in [0.25, 0.3) is 0 Å². The predicted molar refractivity (Wildman–Crippen MR) is 36.3 cm³/mol. The lowest BCUT2D eigenvalue weighted by atomic mass is 10.2. The molecule has 11 heavy (non-hydrogen) atoms. The number of alkyl halides is 3. The molecular formula is C7H12F3N. The number of hydrogen-bond donors (Lipinski definition) is 0. The van der Waals surface area contributed by atoms with Gasteiger partial charge in [-0.2, -0.15) is 13.2 Å². The predicted octanol–water partition coefficient (Wildman–Crippen LogP) is 1.89. The van der Waals surface area contributed by atoms with Crippen molar-refractivity contribution in [3.63, 3.8) is 0 Å². The molecule has 0 aromatic heterocycles. The van der Waals surface area contributed by atoms with Crippen LogP contribution in [0.2, 0.25) is 0 Å². The molecule has 0 saturated carbocycles. The van der Waals surface area contributed by atoms with Crippen LogP contribution in [0.5, 0.6) is 0 Å². The quantitative estimate of drug-likeness (QED) is 0.576. The first-order valence-corrected chi connectivity index (χ1v) is 3.76. The molecule has 66 valence electrons. The van der Waals surface area contributed by atoms with E-state index in [1.807, 2.05) is 6.92 Å². The molecule has 0 aromatic carbocycles. The summed E-state index contributed by atoms with van der Waals surface area (Å²) in [6.45, 7) is 2.44. The lowest BCUT2D eigenvalue weighted by molar-refractivity contribution is -0.143. The smallest absolute Gasteiger partial charge is 0.295 e. The third-order valence-corrected chi connectivity index (χ3v) is 1.91. The number of halogens is 3. The molecule has 0 unspecified atom stereocenters. The minimum absolute atomic E-state index is 0.428. The van der Waals surface area contributed by atoms with Gasteiger partial charge in [-0.1, -0.05) is 6.92 Å². The van der Waals surface area contributed by atoms with Gasteiger partial charge in [0.2, 0.25) is 0 Å². The number of nitrogens with zero attached hydrogens (tertiary/aromatic N) is 1. The fourth-order valence-corrected chi connectivity index (χ4v) is 1.42. The van der Waals surface area contributed by atoms with Crippen LogP contribution in [-0.2, 0) is 0 Å². The van der Waals surface area contributed by atoms with Crippen LogP contribution in [0, 0.1) is 5.92 Å². The molecule has 0 N–H and O–H groups in total. The zero-order valence-electron chi connectivity index (χ0n) is 6.49. The summed E-state index contributed by atoms with van der Waals surface area (Å²) in [6, 6.07) is 0. The Morgan fingerprint density at radius 1 is 1.45 bits per heavy atom. The van der Waals surface area contributed by atoms with Crippen molar-refractivity contribution < 1.29 is 13.2 Å². The monoisotopic (exact) mass is 167 g/mol. The molecule has 0 aromatic rings. The molecular weight excluding hydrogens is 155 g/mol. The molecule has 1 rings (SSSR count). The van der Waals surface area contributed by atoms with E-state index < -0.39 is 12.7 Å². The molecule has 0 spiro atoms. The molecule has 1 heterocycles. The van der Waals surface area contributed by atoms with Crippen molar-refractivity contribution in [3.8, 4) is 0 Å². The largest absolute Gasteiger partial charge is 0.401 e. The number of rotatable bonds is 1. The van der Waals surface area contributed by atoms with E-state index in [0.717, 1.165) is 6.42 Å². The Balaban J connectivity index is 2.29. The van der Waals surface area contributed by atoms with E-state index >= 15 is 0 Å². The molecule has 0 bridgehead atoms. The molecule has 1 aliphatic rings. The van der Waals surface area contributed by atoms with Crippen molar-refractivity contribution in [1.82, 2.24) is 4.90 Å². The summed E-state index contributed by atoms with van der Waals surface area (Å²) >= 11 is 0. The topological polar surface area (TPSA) is 3.24 Å². The highest BCUT2D eigenvalue weighted by Gasteiger charge is 2.33. The second-order valence-corrected chi connectivity index (χ2v) is 3.24. The summed E-state index contributed by atoms with van der Waals surface area (Å²) < 4.78 is 35.4. The second kappa shape index (κ2) is 3.01. The van der Waals surface area contributed by atoms with Crippen LogP contribution in [0.15, 0.2) is 0 Å². The van der Waals surface area contributed by atoms with E-state index in [4.69, 9.17) is 0 Å². The maximum Gasteiger partial charge on any atom is 0.401 e. The van der Waals surface area contributed by atoms with E-state index in [-0.39, 0.29) is 0 Å². The van der Waals surface area contributed by atoms with Crippen LogP contribution in [0.25, 0.3) is 0 Å². The Morgan fingerprint density at radius 3 is 2.45 bits per heavy atom. The lowest BCUT2D eigenvalue weighted by Gasteiger charge is -2.16. The fourth-order valence-electron chi connectivity index (χ4n) is 1.42. The minimum Gasteiger partial charge on any atom is -0.295 e. The van der Waals surface area contributed by atoms with Gasteiger partial charge < -0.3 is 0 Å². The van der Waals surface area contributed by atoms with Gasteiger partial charge in [-0.15, -0.1) is 0 Å². The van der Waals surface area contributed by atoms with Crippen LogP contribution >= 0.6 is 0 Å². The summed E-state index contributed by atoms with van der Waals surface area (Å²) in [6.07, 6.45) is -3.12. The highest BCUT2D eigenvalue weighted by molar-refractivity contribution is 4.74. The fraction of sp³-hybridized carbons (Fsp3) is 1.00. The molecule has 4 heteroatoms. The van der Waals surface area contributed by atoms with E-state index in [1.165, 1.54) is 4.90 Å². The van der Waals surface area contributed by atoms with E-state index in [1.54, 1.807) is 0 Å². The van der Waals surface area contributed by atoms with Gasteiger partial charge in [-0.25, -0.2) is 0 Å². The summed E-state index contributed by atoms with van der Waals surface area (Å²) in [5.41, 5.74) is 0. The third kappa shape index (κ3) is 3.10. The van der Waals surface area contributed by atoms with Gasteiger partial charge in [-0.3, -0.25) is 4.90 Å². The standard InChI is InChI=1S/C7H12F3N/c1-6-2-3-11(4-6)5-7(8,9)10/h6H,2-5H2,1H3/t6-/m0/s1. The van der Waals surface area contributed by atoms with Crippen LogP contribution in [0.1, 0.15) is 13.3 Å². The summed E-state index contributed by atoms with van der Waals surface area (Å²) in [7, 11) is 0. The third-order valence-electron chi connectivity index (χ3n) is 1.91. The first kappa shape index (κ1) is 8.84. The summed E-state index contributed by atoms with van der Waals surface area (Å²) in [5, 5.41) is 0. The van der Waals surface area contributed by atoms with E-state index in [0.29, 0.717) is 19.0 Å². The van der Waals surface area contributed by atoms with Crippen molar-refractivity contribution >= 4 is 0 Å². The molecule has 1 nitrogen and oxygen atoms in total. The molecule has 0 radical (unpaired) electrons. The van der Waals surface area contributed by atoms with Crippen molar-refractivity contribution in [3.05, 3.63) is 0 Å². The first-order valence-electron chi connectivity index (χ1n) is 3.76. The van der Waals surface area contributed by atoms with Crippen molar-refractivity contribution in [2.75, 3.05) is 19.6 Å². The molecule has 1 atom stereocenters. The Hall–Kier alpha value is -0.250. The van der Waals surface area contributed by atoms with Gasteiger partial charge >= 0.3 is 6.18 Å². The molecule has 1 aliphatic heterocycles. The van der Waals surface area contributed by atoms with Crippen molar-refractivity contribution in [2.45, 2.75) is 19.5 Å². The van der Waals surface area contributed by atoms with Crippen LogP contribution < -0.4 is 0 Å². The van der Waals surface area contributed by atoms with Crippen LogP contribution in [0.4, 0.5) is 13.2 Å². The molecule has 1 saturated heterocycles. The maximum absolute atomic E-state index is 11.8. The second-order valence-electron chi connectivity index (χ2n) is 3.24. The molecule has 1 fully saturated rings. The van der Waals surface area contributed by atoms with Crippen LogP contribution in [-0.4, -0.2) is 30.7 Å². The Morgan fingerprint density at radius 2 is 2.09 bits per heavy atom. The first-order chi connectivity index (χ1) is 4.97. The SMILES string of the molecule is C[C@H]1CCN(CC(F)(F)F)C1. The molecule has 0 aliphatic carbocycles. The van der Waals surface area contributed by atoms with Crippen molar-refractivity contribution in [1.29, 1.82) is 0 Å². The minimum atomic E-state index is -4.02. The zero-order valence-corrected chi connectivity index (χ0v) is 6.49. The Bertz CT molecular complexity index is 132. The number of hydrogen-bond acceptors (Lipinski definition) is 1. The van der Waals surface area contributed by atoms with E-state index in [9.17, 15) is 13.2 Å². The normalized spacial score (nSPS) is 27.8. The Kier molecular flexibility index (Phi) is 2.42. The van der Waals surface area contributed by atoms with Gasteiger partial charge in [-0.05, 0) is 18.9 Å². The van der Waals surface area contributed by atoms with Gasteiger partial charge in [0.1, 0.15) is 0 Å².